The van der Waals surface area contributed by atoms with Gasteiger partial charge in [-0.15, -0.1) is 0 Å². The summed E-state index contributed by atoms with van der Waals surface area (Å²) in [6.45, 7) is 11.9. The molecule has 0 aromatic carbocycles. The van der Waals surface area contributed by atoms with Crippen molar-refractivity contribution in [3.05, 3.63) is 11.7 Å². The number of aromatic nitrogens is 2. The number of rotatable bonds is 6. The Labute approximate surface area is 139 Å². The summed E-state index contributed by atoms with van der Waals surface area (Å²) in [6.07, 6.45) is 2.80. The van der Waals surface area contributed by atoms with Gasteiger partial charge >= 0.3 is 0 Å². The van der Waals surface area contributed by atoms with E-state index in [2.05, 4.69) is 29.3 Å². The Bertz CT molecular complexity index is 514. The van der Waals surface area contributed by atoms with E-state index in [1.807, 2.05) is 25.7 Å². The first-order valence-corrected chi connectivity index (χ1v) is 8.83. The zero-order valence-electron chi connectivity index (χ0n) is 15.0. The first-order valence-electron chi connectivity index (χ1n) is 8.83. The Kier molecular flexibility index (Phi) is 6.16. The lowest BCUT2D eigenvalue weighted by atomic mass is 9.88. The molecular weight excluding hydrogens is 292 g/mol. The highest BCUT2D eigenvalue weighted by Crippen LogP contribution is 2.24. The Morgan fingerprint density at radius 3 is 2.70 bits per heavy atom. The summed E-state index contributed by atoms with van der Waals surface area (Å²) in [4.78, 5) is 18.6. The molecule has 0 aliphatic carbocycles. The number of hydrogen-bond acceptors (Lipinski definition) is 5. The van der Waals surface area contributed by atoms with Crippen molar-refractivity contribution in [3.8, 4) is 0 Å². The quantitative estimate of drug-likeness (QED) is 0.871. The lowest BCUT2D eigenvalue weighted by Crippen LogP contribution is -2.52. The van der Waals surface area contributed by atoms with Crippen LogP contribution in [-0.4, -0.2) is 40.1 Å². The van der Waals surface area contributed by atoms with Gasteiger partial charge in [-0.05, 0) is 19.3 Å². The fraction of sp³-hybridized carbons (Fsp3) is 0.824. The third-order valence-electron chi connectivity index (χ3n) is 4.70. The van der Waals surface area contributed by atoms with Gasteiger partial charge in [0.1, 0.15) is 0 Å². The third kappa shape index (κ3) is 4.31. The molecule has 1 aliphatic heterocycles. The average molecular weight is 322 g/mol. The van der Waals surface area contributed by atoms with Crippen molar-refractivity contribution in [3.63, 3.8) is 0 Å². The average Bonchev–Trinajstić information content (AvgIpc) is 3.03. The normalized spacial score (nSPS) is 23.3. The summed E-state index contributed by atoms with van der Waals surface area (Å²) in [5.41, 5.74) is 0. The molecule has 6 heteroatoms. The van der Waals surface area contributed by atoms with Gasteiger partial charge in [-0.1, -0.05) is 39.3 Å². The number of aryl methyl sites for hydroxylation is 1. The van der Waals surface area contributed by atoms with Crippen LogP contribution in [0.5, 0.6) is 0 Å². The second-order valence-electron chi connectivity index (χ2n) is 6.79. The van der Waals surface area contributed by atoms with Crippen LogP contribution in [0.2, 0.25) is 0 Å². The molecule has 1 aliphatic rings. The van der Waals surface area contributed by atoms with Gasteiger partial charge in [0.25, 0.3) is 0 Å². The highest BCUT2D eigenvalue weighted by Gasteiger charge is 2.32. The molecule has 1 aromatic heterocycles. The van der Waals surface area contributed by atoms with Crippen molar-refractivity contribution in [2.24, 2.45) is 11.8 Å². The molecular formula is C17H30N4O2. The predicted molar refractivity (Wildman–Crippen MR) is 88.8 cm³/mol. The summed E-state index contributed by atoms with van der Waals surface area (Å²) in [7, 11) is 0. The highest BCUT2D eigenvalue weighted by atomic mass is 16.5. The van der Waals surface area contributed by atoms with Crippen LogP contribution in [0.1, 0.15) is 65.2 Å². The van der Waals surface area contributed by atoms with Crippen molar-refractivity contribution in [1.82, 2.24) is 20.4 Å². The molecule has 6 nitrogen and oxygen atoms in total. The van der Waals surface area contributed by atoms with Gasteiger partial charge < -0.3 is 14.7 Å². The number of hydrogen-bond donors (Lipinski definition) is 1. The standard InChI is InChI=1S/C17H30N4O2/c1-6-13-10-21(17(22)11(3)4)9-8-14(13)18-12(5)16-19-15(7-2)20-23-16/h11-14,18H,6-10H2,1-5H3/t12-,13-,14-/m0/s1. The van der Waals surface area contributed by atoms with Gasteiger partial charge in [-0.2, -0.15) is 4.98 Å². The molecule has 0 bridgehead atoms. The van der Waals surface area contributed by atoms with Gasteiger partial charge in [0, 0.05) is 31.5 Å². The van der Waals surface area contributed by atoms with Gasteiger partial charge in [0.2, 0.25) is 11.8 Å². The molecule has 1 amide bonds. The van der Waals surface area contributed by atoms with Crippen LogP contribution >= 0.6 is 0 Å². The summed E-state index contributed by atoms with van der Waals surface area (Å²) >= 11 is 0. The van der Waals surface area contributed by atoms with Crippen LogP contribution in [0.3, 0.4) is 0 Å². The molecule has 2 heterocycles. The van der Waals surface area contributed by atoms with Crippen molar-refractivity contribution in [2.75, 3.05) is 13.1 Å². The largest absolute Gasteiger partial charge is 0.342 e. The van der Waals surface area contributed by atoms with E-state index in [1.54, 1.807) is 0 Å². The number of likely N-dealkylation sites (tertiary alicyclic amines) is 1. The number of nitrogens with one attached hydrogen (secondary N) is 1. The summed E-state index contributed by atoms with van der Waals surface area (Å²) in [6, 6.07) is 0.414. The summed E-state index contributed by atoms with van der Waals surface area (Å²) < 4.78 is 5.33. The van der Waals surface area contributed by atoms with E-state index in [-0.39, 0.29) is 17.9 Å². The number of carbonyl (C=O) groups excluding carboxylic acids is 1. The molecule has 2 rings (SSSR count). The topological polar surface area (TPSA) is 71.3 Å². The first kappa shape index (κ1) is 17.9. The number of piperidine rings is 1. The minimum Gasteiger partial charge on any atom is -0.342 e. The molecule has 0 radical (unpaired) electrons. The number of amides is 1. The molecule has 0 saturated carbocycles. The minimum atomic E-state index is 0.0363. The van der Waals surface area contributed by atoms with Crippen molar-refractivity contribution >= 4 is 5.91 Å². The first-order chi connectivity index (χ1) is 11.0. The van der Waals surface area contributed by atoms with Gasteiger partial charge in [0.15, 0.2) is 5.82 Å². The Balaban J connectivity index is 1.96. The smallest absolute Gasteiger partial charge is 0.243 e. The van der Waals surface area contributed by atoms with E-state index in [4.69, 9.17) is 4.52 Å². The lowest BCUT2D eigenvalue weighted by Gasteiger charge is -2.40. The summed E-state index contributed by atoms with van der Waals surface area (Å²) in [5.74, 6) is 2.19. The molecule has 1 fully saturated rings. The van der Waals surface area contributed by atoms with Gasteiger partial charge in [-0.3, -0.25) is 4.79 Å². The Hall–Kier alpha value is -1.43. The maximum Gasteiger partial charge on any atom is 0.243 e. The molecule has 3 atom stereocenters. The zero-order valence-corrected chi connectivity index (χ0v) is 15.0. The van der Waals surface area contributed by atoms with E-state index < -0.39 is 0 Å². The Morgan fingerprint density at radius 2 is 2.13 bits per heavy atom. The fourth-order valence-electron chi connectivity index (χ4n) is 3.21. The van der Waals surface area contributed by atoms with E-state index in [0.29, 0.717) is 17.9 Å². The molecule has 1 N–H and O–H groups in total. The van der Waals surface area contributed by atoms with E-state index in [0.717, 1.165) is 38.2 Å². The summed E-state index contributed by atoms with van der Waals surface area (Å²) in [5, 5.41) is 7.59. The van der Waals surface area contributed by atoms with Gasteiger partial charge in [-0.25, -0.2) is 0 Å². The zero-order chi connectivity index (χ0) is 17.0. The van der Waals surface area contributed by atoms with Crippen LogP contribution in [0.15, 0.2) is 4.52 Å². The van der Waals surface area contributed by atoms with Crippen LogP contribution in [0.25, 0.3) is 0 Å². The van der Waals surface area contributed by atoms with Crippen LogP contribution < -0.4 is 5.32 Å². The fourth-order valence-corrected chi connectivity index (χ4v) is 3.21. The van der Waals surface area contributed by atoms with Crippen LogP contribution in [0.4, 0.5) is 0 Å². The third-order valence-corrected chi connectivity index (χ3v) is 4.70. The van der Waals surface area contributed by atoms with E-state index in [1.165, 1.54) is 0 Å². The number of nitrogens with zero attached hydrogens (tertiary/aromatic N) is 3. The van der Waals surface area contributed by atoms with E-state index >= 15 is 0 Å². The highest BCUT2D eigenvalue weighted by molar-refractivity contribution is 5.78. The van der Waals surface area contributed by atoms with Crippen LogP contribution in [-0.2, 0) is 11.2 Å². The Morgan fingerprint density at radius 1 is 1.39 bits per heavy atom. The molecule has 0 unspecified atom stereocenters. The second-order valence-corrected chi connectivity index (χ2v) is 6.79. The van der Waals surface area contributed by atoms with Crippen LogP contribution in [0, 0.1) is 11.8 Å². The monoisotopic (exact) mass is 322 g/mol. The minimum absolute atomic E-state index is 0.0363. The molecule has 130 valence electrons. The molecule has 1 saturated heterocycles. The van der Waals surface area contributed by atoms with Crippen molar-refractivity contribution < 1.29 is 9.32 Å². The molecule has 1 aromatic rings. The SMILES string of the molecule is CCc1noc([C@H](C)N[C@H]2CCN(C(=O)C(C)C)C[C@@H]2CC)n1. The van der Waals surface area contributed by atoms with E-state index in [9.17, 15) is 4.79 Å². The molecule has 23 heavy (non-hydrogen) atoms. The van der Waals surface area contributed by atoms with Gasteiger partial charge in [0.05, 0.1) is 6.04 Å². The second kappa shape index (κ2) is 7.90. The predicted octanol–water partition coefficient (Wildman–Crippen LogP) is 2.57. The lowest BCUT2D eigenvalue weighted by molar-refractivity contribution is -0.136. The van der Waals surface area contributed by atoms with Crippen molar-refractivity contribution in [2.45, 2.75) is 66.0 Å². The maximum absolute atomic E-state index is 12.2. The molecule has 0 spiro atoms. The number of carbonyl (C=O) groups is 1. The maximum atomic E-state index is 12.2. The van der Waals surface area contributed by atoms with Crippen molar-refractivity contribution in [1.29, 1.82) is 0 Å².